The summed E-state index contributed by atoms with van der Waals surface area (Å²) in [6.45, 7) is 1.83. The number of amides is 2. The fourth-order valence-corrected chi connectivity index (χ4v) is 2.32. The van der Waals surface area contributed by atoms with E-state index in [1.54, 1.807) is 24.5 Å². The quantitative estimate of drug-likeness (QED) is 0.889. The Morgan fingerprint density at radius 2 is 1.95 bits per heavy atom. The van der Waals surface area contributed by atoms with Crippen LogP contribution in [0.3, 0.4) is 0 Å². The third-order valence-corrected chi connectivity index (χ3v) is 3.53. The van der Waals surface area contributed by atoms with E-state index < -0.39 is 0 Å². The highest BCUT2D eigenvalue weighted by atomic mass is 79.9. The van der Waals surface area contributed by atoms with Gasteiger partial charge in [-0.25, -0.2) is 0 Å². The van der Waals surface area contributed by atoms with Gasteiger partial charge in [0.05, 0.1) is 0 Å². The van der Waals surface area contributed by atoms with Crippen LogP contribution in [-0.2, 0) is 16.1 Å². The molecule has 0 aliphatic heterocycles. The molecule has 5 nitrogen and oxygen atoms in total. The fourth-order valence-electron chi connectivity index (χ4n) is 1.93. The van der Waals surface area contributed by atoms with Crippen LogP contribution in [0.25, 0.3) is 0 Å². The van der Waals surface area contributed by atoms with E-state index in [0.29, 0.717) is 12.2 Å². The minimum Gasteiger partial charge on any atom is -0.350 e. The van der Waals surface area contributed by atoms with E-state index in [4.69, 9.17) is 0 Å². The van der Waals surface area contributed by atoms with Crippen LogP contribution in [0.1, 0.15) is 12.5 Å². The Hall–Kier alpha value is -2.21. The van der Waals surface area contributed by atoms with E-state index in [0.717, 1.165) is 10.0 Å². The first kappa shape index (κ1) is 16.2. The van der Waals surface area contributed by atoms with E-state index in [2.05, 4.69) is 26.2 Å². The first-order valence-corrected chi connectivity index (χ1v) is 7.55. The molecule has 0 atom stereocenters. The van der Waals surface area contributed by atoms with Gasteiger partial charge in [0, 0.05) is 36.0 Å². The van der Waals surface area contributed by atoms with Crippen LogP contribution in [-0.4, -0.2) is 23.3 Å². The third kappa shape index (κ3) is 4.66. The number of rotatable bonds is 5. The summed E-state index contributed by atoms with van der Waals surface area (Å²) in [6.07, 6.45) is 3.34. The number of carbonyl (C=O) groups is 2. The zero-order chi connectivity index (χ0) is 15.9. The standard InChI is InChI=1S/C16H16BrN3O2/c1-12(21)20(15-4-2-3-14(17)9-15)11-16(22)19-10-13-5-7-18-8-6-13/h2-9H,10-11H2,1H3,(H,19,22). The summed E-state index contributed by atoms with van der Waals surface area (Å²) in [7, 11) is 0. The number of aromatic nitrogens is 1. The molecule has 22 heavy (non-hydrogen) atoms. The lowest BCUT2D eigenvalue weighted by Gasteiger charge is -2.21. The van der Waals surface area contributed by atoms with Crippen LogP contribution in [0.15, 0.2) is 53.3 Å². The van der Waals surface area contributed by atoms with Gasteiger partial charge in [-0.2, -0.15) is 0 Å². The van der Waals surface area contributed by atoms with Crippen LogP contribution < -0.4 is 10.2 Å². The molecule has 1 N–H and O–H groups in total. The molecule has 0 bridgehead atoms. The Bertz CT molecular complexity index is 661. The maximum atomic E-state index is 12.1. The molecule has 6 heteroatoms. The topological polar surface area (TPSA) is 62.3 Å². The zero-order valence-electron chi connectivity index (χ0n) is 12.1. The lowest BCUT2D eigenvalue weighted by atomic mass is 10.2. The number of nitrogens with zero attached hydrogens (tertiary/aromatic N) is 2. The molecule has 0 fully saturated rings. The van der Waals surface area contributed by atoms with Gasteiger partial charge in [0.15, 0.2) is 0 Å². The van der Waals surface area contributed by atoms with Crippen LogP contribution in [0.5, 0.6) is 0 Å². The second-order valence-electron chi connectivity index (χ2n) is 4.72. The summed E-state index contributed by atoms with van der Waals surface area (Å²) < 4.78 is 0.855. The first-order chi connectivity index (χ1) is 10.6. The minimum atomic E-state index is -0.216. The minimum absolute atomic E-state index is 0.0170. The van der Waals surface area contributed by atoms with Gasteiger partial charge < -0.3 is 10.2 Å². The van der Waals surface area contributed by atoms with Crippen LogP contribution in [0, 0.1) is 0 Å². The summed E-state index contributed by atoms with van der Waals surface area (Å²) in [5.74, 6) is -0.399. The van der Waals surface area contributed by atoms with Crippen molar-refractivity contribution in [1.29, 1.82) is 0 Å². The van der Waals surface area contributed by atoms with Crippen molar-refractivity contribution in [2.75, 3.05) is 11.4 Å². The van der Waals surface area contributed by atoms with Crippen molar-refractivity contribution in [2.45, 2.75) is 13.5 Å². The zero-order valence-corrected chi connectivity index (χ0v) is 13.7. The Kier molecular flexibility index (Phi) is 5.66. The van der Waals surface area contributed by atoms with Gasteiger partial charge in [-0.15, -0.1) is 0 Å². The van der Waals surface area contributed by atoms with Gasteiger partial charge in [0.25, 0.3) is 0 Å². The summed E-state index contributed by atoms with van der Waals surface area (Å²) in [4.78, 5) is 29.2. The molecule has 0 aliphatic carbocycles. The molecular weight excluding hydrogens is 346 g/mol. The molecular formula is C16H16BrN3O2. The van der Waals surface area contributed by atoms with Gasteiger partial charge in [-0.05, 0) is 35.9 Å². The number of hydrogen-bond donors (Lipinski definition) is 1. The average Bonchev–Trinajstić information content (AvgIpc) is 2.51. The van der Waals surface area contributed by atoms with Crippen LogP contribution in [0.4, 0.5) is 5.69 Å². The number of halogens is 1. The number of anilines is 1. The summed E-state index contributed by atoms with van der Waals surface area (Å²) >= 11 is 3.36. The van der Waals surface area contributed by atoms with E-state index in [-0.39, 0.29) is 18.4 Å². The molecule has 2 aromatic rings. The van der Waals surface area contributed by atoms with E-state index in [1.807, 2.05) is 24.3 Å². The fraction of sp³-hybridized carbons (Fsp3) is 0.188. The van der Waals surface area contributed by atoms with Crippen LogP contribution >= 0.6 is 15.9 Å². The van der Waals surface area contributed by atoms with Crippen molar-refractivity contribution >= 4 is 33.4 Å². The molecule has 2 rings (SSSR count). The van der Waals surface area contributed by atoms with Gasteiger partial charge in [0.2, 0.25) is 11.8 Å². The maximum Gasteiger partial charge on any atom is 0.240 e. The SMILES string of the molecule is CC(=O)N(CC(=O)NCc1ccncc1)c1cccc(Br)c1. The number of hydrogen-bond acceptors (Lipinski definition) is 3. The first-order valence-electron chi connectivity index (χ1n) is 6.75. The van der Waals surface area contributed by atoms with Crippen molar-refractivity contribution in [1.82, 2.24) is 10.3 Å². The highest BCUT2D eigenvalue weighted by Crippen LogP contribution is 2.19. The number of carbonyl (C=O) groups excluding carboxylic acids is 2. The van der Waals surface area contributed by atoms with Crippen molar-refractivity contribution < 1.29 is 9.59 Å². The molecule has 1 aromatic carbocycles. The number of benzene rings is 1. The molecule has 0 spiro atoms. The number of pyridine rings is 1. The summed E-state index contributed by atoms with van der Waals surface area (Å²) in [6, 6.07) is 10.9. The Morgan fingerprint density at radius 1 is 1.23 bits per heavy atom. The number of nitrogens with one attached hydrogen (secondary N) is 1. The third-order valence-electron chi connectivity index (χ3n) is 3.04. The molecule has 0 aliphatic rings. The maximum absolute atomic E-state index is 12.1. The Morgan fingerprint density at radius 3 is 2.59 bits per heavy atom. The normalized spacial score (nSPS) is 10.1. The Labute approximate surface area is 137 Å². The average molecular weight is 362 g/mol. The lowest BCUT2D eigenvalue weighted by molar-refractivity contribution is -0.123. The smallest absolute Gasteiger partial charge is 0.240 e. The lowest BCUT2D eigenvalue weighted by Crippen LogP contribution is -2.39. The molecule has 0 saturated heterocycles. The van der Waals surface area contributed by atoms with Crippen molar-refractivity contribution in [3.63, 3.8) is 0 Å². The van der Waals surface area contributed by atoms with Gasteiger partial charge >= 0.3 is 0 Å². The molecule has 0 saturated carbocycles. The molecule has 0 unspecified atom stereocenters. The van der Waals surface area contributed by atoms with Crippen molar-refractivity contribution in [2.24, 2.45) is 0 Å². The van der Waals surface area contributed by atoms with Gasteiger partial charge in [0.1, 0.15) is 6.54 Å². The predicted octanol–water partition coefficient (Wildman–Crippen LogP) is 2.51. The van der Waals surface area contributed by atoms with E-state index in [1.165, 1.54) is 11.8 Å². The van der Waals surface area contributed by atoms with Crippen LogP contribution in [0.2, 0.25) is 0 Å². The Balaban J connectivity index is 1.99. The van der Waals surface area contributed by atoms with E-state index >= 15 is 0 Å². The highest BCUT2D eigenvalue weighted by molar-refractivity contribution is 9.10. The highest BCUT2D eigenvalue weighted by Gasteiger charge is 2.15. The van der Waals surface area contributed by atoms with Crippen molar-refractivity contribution in [3.8, 4) is 0 Å². The second kappa shape index (κ2) is 7.70. The molecule has 114 valence electrons. The van der Waals surface area contributed by atoms with E-state index in [9.17, 15) is 9.59 Å². The van der Waals surface area contributed by atoms with Gasteiger partial charge in [-0.3, -0.25) is 14.6 Å². The largest absolute Gasteiger partial charge is 0.350 e. The van der Waals surface area contributed by atoms with Gasteiger partial charge in [-0.1, -0.05) is 22.0 Å². The summed E-state index contributed by atoms with van der Waals surface area (Å²) in [5.41, 5.74) is 1.64. The van der Waals surface area contributed by atoms with Crippen molar-refractivity contribution in [3.05, 3.63) is 58.8 Å². The molecule has 1 aromatic heterocycles. The molecule has 1 heterocycles. The predicted molar refractivity (Wildman–Crippen MR) is 88.3 cm³/mol. The monoisotopic (exact) mass is 361 g/mol. The summed E-state index contributed by atoms with van der Waals surface area (Å²) in [5, 5.41) is 2.80. The second-order valence-corrected chi connectivity index (χ2v) is 5.63. The molecule has 0 radical (unpaired) electrons. The molecule has 2 amide bonds.